The van der Waals surface area contributed by atoms with Gasteiger partial charge in [0.05, 0.1) is 5.92 Å². The van der Waals surface area contributed by atoms with Crippen LogP contribution in [-0.2, 0) is 18.4 Å². The fourth-order valence-corrected chi connectivity index (χ4v) is 3.16. The van der Waals surface area contributed by atoms with Crippen molar-refractivity contribution in [3.8, 4) is 0 Å². The van der Waals surface area contributed by atoms with Crippen molar-refractivity contribution in [2.24, 2.45) is 17.8 Å². The molecule has 2 bridgehead atoms. The van der Waals surface area contributed by atoms with Gasteiger partial charge in [0.25, 0.3) is 0 Å². The zero-order chi connectivity index (χ0) is 16.3. The molecule has 0 heterocycles. The molecule has 2 saturated carbocycles. The number of carbonyl (C=O) groups excluding carboxylic acids is 1. The van der Waals surface area contributed by atoms with Crippen LogP contribution in [0.4, 0.5) is 0 Å². The van der Waals surface area contributed by atoms with Crippen molar-refractivity contribution in [3.63, 3.8) is 0 Å². The van der Waals surface area contributed by atoms with Gasteiger partial charge in [0.15, 0.2) is 0 Å². The van der Waals surface area contributed by atoms with Gasteiger partial charge in [-0.25, -0.2) is 0 Å². The first-order valence-electron chi connectivity index (χ1n) is 7.91. The highest BCUT2D eigenvalue weighted by Crippen LogP contribution is 2.48. The fraction of sp³-hybridized carbons (Fsp3) is 0.938. The summed E-state index contributed by atoms with van der Waals surface area (Å²) in [4.78, 5) is 11.8. The van der Waals surface area contributed by atoms with Crippen LogP contribution in [-0.4, -0.2) is 34.4 Å². The van der Waals surface area contributed by atoms with Crippen LogP contribution in [0.15, 0.2) is 0 Å². The molecule has 3 unspecified atom stereocenters. The molecule has 0 radical (unpaired) electrons. The minimum Gasteiger partial charge on any atom is -0.460 e. The number of fused-ring (bicyclic) bond motifs is 2. The molecule has 0 amide bonds. The van der Waals surface area contributed by atoms with Crippen molar-refractivity contribution in [1.29, 1.82) is 0 Å². The molecule has 21 heavy (non-hydrogen) atoms. The fourth-order valence-electron chi connectivity index (χ4n) is 2.99. The monoisotopic (exact) mass is 316 g/mol. The van der Waals surface area contributed by atoms with E-state index in [1.165, 1.54) is 19.3 Å². The minimum absolute atomic E-state index is 0.0460. The van der Waals surface area contributed by atoms with Crippen LogP contribution in [0.25, 0.3) is 0 Å². The smallest absolute Gasteiger partial charge is 0.331 e. The van der Waals surface area contributed by atoms with Crippen molar-refractivity contribution >= 4 is 14.5 Å². The van der Waals surface area contributed by atoms with Gasteiger partial charge in [-0.3, -0.25) is 4.79 Å². The molecule has 0 saturated heterocycles. The van der Waals surface area contributed by atoms with Crippen molar-refractivity contribution in [1.82, 2.24) is 0 Å². The van der Waals surface area contributed by atoms with E-state index in [-0.39, 0.29) is 17.5 Å². The lowest BCUT2D eigenvalue weighted by Crippen LogP contribution is -2.31. The lowest BCUT2D eigenvalue weighted by molar-refractivity contribution is -0.161. The topological polar surface area (TPSA) is 44.8 Å². The summed E-state index contributed by atoms with van der Waals surface area (Å²) in [6, 6.07) is 0. The summed E-state index contributed by atoms with van der Waals surface area (Å²) in [6.45, 7) is 9.81. The minimum atomic E-state index is -1.65. The predicted molar refractivity (Wildman–Crippen MR) is 86.3 cm³/mol. The first-order chi connectivity index (χ1) is 9.58. The van der Waals surface area contributed by atoms with E-state index in [0.29, 0.717) is 5.92 Å². The third-order valence-corrected chi connectivity index (χ3v) is 6.40. The molecule has 2 aliphatic rings. The van der Waals surface area contributed by atoms with Crippen LogP contribution in [0.3, 0.4) is 0 Å². The Morgan fingerprint density at radius 2 is 1.62 bits per heavy atom. The predicted octanol–water partition coefficient (Wildman–Crippen LogP) is 3.75. The molecule has 0 N–H and O–H groups in total. The van der Waals surface area contributed by atoms with Crippen LogP contribution >= 0.6 is 0 Å². The van der Waals surface area contributed by atoms with E-state index < -0.39 is 8.56 Å². The second kappa shape index (κ2) is 7.25. The summed E-state index contributed by atoms with van der Waals surface area (Å²) < 4.78 is 15.4. The van der Waals surface area contributed by atoms with Crippen molar-refractivity contribution in [2.75, 3.05) is 14.2 Å². The van der Waals surface area contributed by atoms with E-state index in [1.807, 2.05) is 33.9 Å². The summed E-state index contributed by atoms with van der Waals surface area (Å²) in [5.41, 5.74) is -0.321. The molecule has 0 aromatic rings. The van der Waals surface area contributed by atoms with Gasteiger partial charge in [0.2, 0.25) is 0 Å². The Morgan fingerprint density at radius 1 is 1.05 bits per heavy atom. The molecule has 2 rings (SSSR count). The summed E-state index contributed by atoms with van der Waals surface area (Å²) in [5.74, 6) is 1.71. The van der Waals surface area contributed by atoms with Gasteiger partial charge in [0, 0.05) is 14.2 Å². The van der Waals surface area contributed by atoms with E-state index in [0.717, 1.165) is 12.3 Å². The Bertz CT molecular complexity index is 343. The Hall–Kier alpha value is -0.393. The van der Waals surface area contributed by atoms with E-state index >= 15 is 0 Å². The molecule has 0 aromatic carbocycles. The molecule has 0 aromatic heterocycles. The number of hydrogen-bond donors (Lipinski definition) is 0. The molecule has 2 aliphatic carbocycles. The molecule has 3 atom stereocenters. The Kier molecular flexibility index (Phi) is 6.44. The van der Waals surface area contributed by atoms with Gasteiger partial charge in [-0.05, 0) is 65.0 Å². The standard InChI is InChI=1S/C12H20O2.C4H12O2Si/c1-12(2,3)14-11(13)10-7-8-4-5-9(10)6-8;1-5-7(3,4)6-2/h8-10H,4-7H2,1-3H3;1-4H3. The zero-order valence-electron chi connectivity index (χ0n) is 14.7. The van der Waals surface area contributed by atoms with Crippen LogP contribution in [0.2, 0.25) is 13.1 Å². The van der Waals surface area contributed by atoms with Crippen LogP contribution in [0.1, 0.15) is 46.5 Å². The molecular formula is C16H32O4Si. The Morgan fingerprint density at radius 3 is 1.90 bits per heavy atom. The first kappa shape index (κ1) is 18.7. The van der Waals surface area contributed by atoms with Gasteiger partial charge >= 0.3 is 14.5 Å². The molecular weight excluding hydrogens is 284 g/mol. The second-order valence-electron chi connectivity index (χ2n) is 7.62. The van der Waals surface area contributed by atoms with Gasteiger partial charge in [-0.15, -0.1) is 0 Å². The highest BCUT2D eigenvalue weighted by atomic mass is 28.4. The maximum absolute atomic E-state index is 11.8. The van der Waals surface area contributed by atoms with Crippen LogP contribution in [0, 0.1) is 17.8 Å². The summed E-state index contributed by atoms with van der Waals surface area (Å²) in [6.07, 6.45) is 4.93. The van der Waals surface area contributed by atoms with Crippen LogP contribution < -0.4 is 0 Å². The average molecular weight is 317 g/mol. The third kappa shape index (κ3) is 6.08. The SMILES string of the molecule is CC(C)(C)OC(=O)C1CC2CCC1C2.CO[Si](C)(C)OC. The van der Waals surface area contributed by atoms with E-state index in [2.05, 4.69) is 0 Å². The quantitative estimate of drug-likeness (QED) is 0.587. The molecule has 124 valence electrons. The van der Waals surface area contributed by atoms with E-state index in [1.54, 1.807) is 14.2 Å². The Balaban J connectivity index is 0.000000270. The summed E-state index contributed by atoms with van der Waals surface area (Å²) in [5, 5.41) is 0. The number of hydrogen-bond acceptors (Lipinski definition) is 4. The van der Waals surface area contributed by atoms with Crippen molar-refractivity contribution in [2.45, 2.75) is 65.1 Å². The zero-order valence-corrected chi connectivity index (χ0v) is 15.7. The molecule has 2 fully saturated rings. The van der Waals surface area contributed by atoms with Gasteiger partial charge in [0.1, 0.15) is 5.60 Å². The Labute approximate surface area is 130 Å². The van der Waals surface area contributed by atoms with Crippen molar-refractivity contribution in [3.05, 3.63) is 0 Å². The molecule has 5 heteroatoms. The highest BCUT2D eigenvalue weighted by molar-refractivity contribution is 6.64. The summed E-state index contributed by atoms with van der Waals surface area (Å²) >= 11 is 0. The second-order valence-corrected chi connectivity index (χ2v) is 11.2. The lowest BCUT2D eigenvalue weighted by atomic mass is 9.89. The molecule has 0 spiro atoms. The van der Waals surface area contributed by atoms with E-state index in [4.69, 9.17) is 13.6 Å². The number of carbonyl (C=O) groups is 1. The van der Waals surface area contributed by atoms with Gasteiger partial charge < -0.3 is 13.6 Å². The van der Waals surface area contributed by atoms with Crippen LogP contribution in [0.5, 0.6) is 0 Å². The average Bonchev–Trinajstić information content (AvgIpc) is 3.00. The van der Waals surface area contributed by atoms with Gasteiger partial charge in [-0.1, -0.05) is 6.42 Å². The normalized spacial score (nSPS) is 28.0. The van der Waals surface area contributed by atoms with E-state index in [9.17, 15) is 4.79 Å². The maximum atomic E-state index is 11.8. The number of rotatable bonds is 3. The molecule has 4 nitrogen and oxygen atoms in total. The lowest BCUT2D eigenvalue weighted by Gasteiger charge is -2.26. The molecule has 0 aliphatic heterocycles. The maximum Gasteiger partial charge on any atom is 0.331 e. The largest absolute Gasteiger partial charge is 0.460 e. The first-order valence-corrected chi connectivity index (χ1v) is 10.7. The number of esters is 1. The highest BCUT2D eigenvalue weighted by Gasteiger charge is 2.44. The summed E-state index contributed by atoms with van der Waals surface area (Å²) in [7, 11) is 1.70. The van der Waals surface area contributed by atoms with Crippen molar-refractivity contribution < 1.29 is 18.4 Å². The number of ether oxygens (including phenoxy) is 1. The third-order valence-electron chi connectivity index (χ3n) is 4.43. The van der Waals surface area contributed by atoms with Gasteiger partial charge in [-0.2, -0.15) is 0 Å².